The van der Waals surface area contributed by atoms with Gasteiger partial charge in [0.1, 0.15) is 0 Å². The lowest BCUT2D eigenvalue weighted by Gasteiger charge is -2.41. The second-order valence-corrected chi connectivity index (χ2v) is 4.75. The number of carbonyl (C=O) groups excluding carboxylic acids is 1. The van der Waals surface area contributed by atoms with Crippen LogP contribution in [0.25, 0.3) is 0 Å². The maximum absolute atomic E-state index is 11.9. The van der Waals surface area contributed by atoms with Gasteiger partial charge < -0.3 is 15.2 Å². The van der Waals surface area contributed by atoms with E-state index in [1.807, 2.05) is 6.92 Å². The Morgan fingerprint density at radius 2 is 2.33 bits per heavy atom. The van der Waals surface area contributed by atoms with Gasteiger partial charge in [-0.15, -0.1) is 0 Å². The Balaban J connectivity index is 1.91. The molecule has 2 aliphatic rings. The Kier molecular flexibility index (Phi) is 2.98. The van der Waals surface area contributed by atoms with Crippen molar-refractivity contribution >= 4 is 5.91 Å². The van der Waals surface area contributed by atoms with E-state index < -0.39 is 0 Å². The number of hydrogen-bond acceptors (Lipinski definition) is 3. The van der Waals surface area contributed by atoms with Crippen molar-refractivity contribution in [1.29, 1.82) is 0 Å². The molecule has 0 spiro atoms. The number of aliphatic hydroxyl groups is 1. The zero-order chi connectivity index (χ0) is 10.9. The summed E-state index contributed by atoms with van der Waals surface area (Å²) in [6.45, 7) is 2.66. The van der Waals surface area contributed by atoms with Crippen LogP contribution in [0.4, 0.5) is 0 Å². The van der Waals surface area contributed by atoms with Crippen molar-refractivity contribution in [3.63, 3.8) is 0 Å². The smallest absolute Gasteiger partial charge is 0.226 e. The van der Waals surface area contributed by atoms with Gasteiger partial charge >= 0.3 is 0 Å². The molecular weight excluding hydrogens is 194 g/mol. The molecule has 1 saturated carbocycles. The Bertz CT molecular complexity index is 245. The molecule has 2 atom stereocenters. The third kappa shape index (κ3) is 2.01. The summed E-state index contributed by atoms with van der Waals surface area (Å²) in [5.74, 6) is 0.0165. The number of rotatable bonds is 3. The number of aliphatic hydroxyl groups excluding tert-OH is 1. The van der Waals surface area contributed by atoms with Crippen molar-refractivity contribution in [3.8, 4) is 0 Å². The highest BCUT2D eigenvalue weighted by Gasteiger charge is 2.41. The minimum absolute atomic E-state index is 0.0146. The molecule has 0 bridgehead atoms. The molecule has 0 aromatic rings. The summed E-state index contributed by atoms with van der Waals surface area (Å²) < 4.78 is 5.36. The van der Waals surface area contributed by atoms with E-state index in [1.54, 1.807) is 0 Å². The quantitative estimate of drug-likeness (QED) is 0.715. The fourth-order valence-corrected chi connectivity index (χ4v) is 2.36. The molecule has 4 nitrogen and oxygen atoms in total. The van der Waals surface area contributed by atoms with E-state index in [0.717, 1.165) is 25.7 Å². The van der Waals surface area contributed by atoms with Gasteiger partial charge in [0.25, 0.3) is 0 Å². The van der Waals surface area contributed by atoms with Crippen molar-refractivity contribution in [3.05, 3.63) is 0 Å². The zero-order valence-electron chi connectivity index (χ0n) is 9.16. The van der Waals surface area contributed by atoms with E-state index in [0.29, 0.717) is 6.61 Å². The van der Waals surface area contributed by atoms with E-state index in [9.17, 15) is 9.90 Å². The summed E-state index contributed by atoms with van der Waals surface area (Å²) in [5.41, 5.74) is -0.320. The zero-order valence-corrected chi connectivity index (χ0v) is 9.16. The average molecular weight is 213 g/mol. The van der Waals surface area contributed by atoms with Crippen LogP contribution in [0, 0.1) is 5.92 Å². The first-order valence-corrected chi connectivity index (χ1v) is 5.71. The first-order valence-electron chi connectivity index (χ1n) is 5.71. The van der Waals surface area contributed by atoms with Crippen LogP contribution in [0.5, 0.6) is 0 Å². The predicted molar refractivity (Wildman–Crippen MR) is 55.3 cm³/mol. The third-order valence-electron chi connectivity index (χ3n) is 3.71. The molecule has 2 fully saturated rings. The molecule has 86 valence electrons. The van der Waals surface area contributed by atoms with Gasteiger partial charge in [-0.2, -0.15) is 0 Å². The van der Waals surface area contributed by atoms with Crippen molar-refractivity contribution in [2.75, 3.05) is 13.2 Å². The SMILES string of the molecule is CC1OCCC1C(=O)NC1(CO)CCC1. The van der Waals surface area contributed by atoms with E-state index in [2.05, 4.69) is 5.32 Å². The van der Waals surface area contributed by atoms with Crippen LogP contribution in [0.1, 0.15) is 32.6 Å². The van der Waals surface area contributed by atoms with Gasteiger partial charge in [0, 0.05) is 6.61 Å². The lowest BCUT2D eigenvalue weighted by molar-refractivity contribution is -0.130. The van der Waals surface area contributed by atoms with Gasteiger partial charge in [0.15, 0.2) is 0 Å². The first-order chi connectivity index (χ1) is 7.17. The van der Waals surface area contributed by atoms with Gasteiger partial charge in [0.05, 0.1) is 24.2 Å². The normalized spacial score (nSPS) is 33.5. The molecule has 2 rings (SSSR count). The minimum Gasteiger partial charge on any atom is -0.394 e. The van der Waals surface area contributed by atoms with Crippen LogP contribution in [0.15, 0.2) is 0 Å². The van der Waals surface area contributed by atoms with Crippen LogP contribution < -0.4 is 5.32 Å². The second-order valence-electron chi connectivity index (χ2n) is 4.75. The van der Waals surface area contributed by atoms with Gasteiger partial charge in [-0.1, -0.05) is 0 Å². The maximum Gasteiger partial charge on any atom is 0.226 e. The first kappa shape index (κ1) is 10.9. The molecule has 1 aliphatic heterocycles. The van der Waals surface area contributed by atoms with Crippen LogP contribution in [0.2, 0.25) is 0 Å². The molecule has 2 unspecified atom stereocenters. The van der Waals surface area contributed by atoms with Crippen molar-refractivity contribution in [2.24, 2.45) is 5.92 Å². The van der Waals surface area contributed by atoms with Crippen molar-refractivity contribution in [2.45, 2.75) is 44.2 Å². The van der Waals surface area contributed by atoms with Gasteiger partial charge in [0.2, 0.25) is 5.91 Å². The molecule has 15 heavy (non-hydrogen) atoms. The largest absolute Gasteiger partial charge is 0.394 e. The topological polar surface area (TPSA) is 58.6 Å². The molecule has 1 amide bonds. The highest BCUT2D eigenvalue weighted by atomic mass is 16.5. The Hall–Kier alpha value is -0.610. The van der Waals surface area contributed by atoms with Gasteiger partial charge in [-0.25, -0.2) is 0 Å². The molecule has 1 aliphatic carbocycles. The lowest BCUT2D eigenvalue weighted by atomic mass is 9.77. The summed E-state index contributed by atoms with van der Waals surface area (Å²) in [6.07, 6.45) is 3.71. The molecule has 0 aromatic carbocycles. The standard InChI is InChI=1S/C11H19NO3/c1-8-9(3-6-15-8)10(14)12-11(7-13)4-2-5-11/h8-9,13H,2-7H2,1H3,(H,12,14). The van der Waals surface area contributed by atoms with Gasteiger partial charge in [-0.05, 0) is 32.6 Å². The summed E-state index contributed by atoms with van der Waals surface area (Å²) in [5, 5.41) is 12.2. The number of carbonyl (C=O) groups is 1. The summed E-state index contributed by atoms with van der Waals surface area (Å²) >= 11 is 0. The maximum atomic E-state index is 11.9. The highest BCUT2D eigenvalue weighted by molar-refractivity contribution is 5.80. The summed E-state index contributed by atoms with van der Waals surface area (Å²) in [7, 11) is 0. The summed E-state index contributed by atoms with van der Waals surface area (Å²) in [4.78, 5) is 11.9. The molecule has 4 heteroatoms. The minimum atomic E-state index is -0.320. The average Bonchev–Trinajstić information content (AvgIpc) is 2.58. The lowest BCUT2D eigenvalue weighted by Crippen LogP contribution is -2.57. The number of amides is 1. The molecule has 1 saturated heterocycles. The predicted octanol–water partition coefficient (Wildman–Crippen LogP) is 0.443. The molecule has 1 heterocycles. The molecule has 0 radical (unpaired) electrons. The Morgan fingerprint density at radius 3 is 2.73 bits per heavy atom. The van der Waals surface area contributed by atoms with Crippen LogP contribution >= 0.6 is 0 Å². The second kappa shape index (κ2) is 4.10. The number of ether oxygens (including phenoxy) is 1. The molecule has 0 aromatic heterocycles. The molecule has 2 N–H and O–H groups in total. The fourth-order valence-electron chi connectivity index (χ4n) is 2.36. The van der Waals surface area contributed by atoms with Crippen molar-refractivity contribution in [1.82, 2.24) is 5.32 Å². The monoisotopic (exact) mass is 213 g/mol. The van der Waals surface area contributed by atoms with E-state index >= 15 is 0 Å². The van der Waals surface area contributed by atoms with Gasteiger partial charge in [-0.3, -0.25) is 4.79 Å². The van der Waals surface area contributed by atoms with Crippen molar-refractivity contribution < 1.29 is 14.6 Å². The van der Waals surface area contributed by atoms with E-state index in [4.69, 9.17) is 4.74 Å². The van der Waals surface area contributed by atoms with Crippen LogP contribution in [-0.2, 0) is 9.53 Å². The third-order valence-corrected chi connectivity index (χ3v) is 3.71. The van der Waals surface area contributed by atoms with Crippen LogP contribution in [-0.4, -0.2) is 35.9 Å². The number of hydrogen-bond donors (Lipinski definition) is 2. The highest BCUT2D eigenvalue weighted by Crippen LogP contribution is 2.32. The summed E-state index contributed by atoms with van der Waals surface area (Å²) in [6, 6.07) is 0. The Labute approximate surface area is 90.0 Å². The van der Waals surface area contributed by atoms with E-state index in [1.165, 1.54) is 0 Å². The van der Waals surface area contributed by atoms with E-state index in [-0.39, 0.29) is 30.1 Å². The molecular formula is C11H19NO3. The number of nitrogens with one attached hydrogen (secondary N) is 1. The fraction of sp³-hybridized carbons (Fsp3) is 0.909. The Morgan fingerprint density at radius 1 is 1.60 bits per heavy atom. The van der Waals surface area contributed by atoms with Crippen LogP contribution in [0.3, 0.4) is 0 Å².